The maximum atomic E-state index is 5.68. The van der Waals surface area contributed by atoms with Crippen molar-refractivity contribution in [1.29, 1.82) is 0 Å². The Morgan fingerprint density at radius 3 is 3.13 bits per heavy atom. The summed E-state index contributed by atoms with van der Waals surface area (Å²) in [5.74, 6) is 0.964. The zero-order valence-electron chi connectivity index (χ0n) is 8.77. The lowest BCUT2D eigenvalue weighted by Gasteiger charge is -2.01. The monoisotopic (exact) mass is 205 g/mol. The smallest absolute Gasteiger partial charge is 0.180 e. The van der Waals surface area contributed by atoms with Gasteiger partial charge < -0.3 is 10.7 Å². The van der Waals surface area contributed by atoms with Gasteiger partial charge in [-0.25, -0.2) is 15.0 Å². The number of imidazole rings is 1. The fourth-order valence-corrected chi connectivity index (χ4v) is 1.52. The summed E-state index contributed by atoms with van der Waals surface area (Å²) in [4.78, 5) is 15.6. The molecule has 0 amide bonds. The molecule has 0 aromatic carbocycles. The standard InChI is InChI=1S/C10H15N5/c1-7(11)3-2-4-9-14-8-5-12-6-13-10(8)15-9/h5-7H,2-4,11H2,1H3,(H,12,13,14,15). The summed E-state index contributed by atoms with van der Waals surface area (Å²) >= 11 is 0. The Bertz CT molecular complexity index is 401. The van der Waals surface area contributed by atoms with E-state index in [9.17, 15) is 0 Å². The molecule has 0 bridgehead atoms. The van der Waals surface area contributed by atoms with Gasteiger partial charge in [0.05, 0.1) is 6.20 Å². The van der Waals surface area contributed by atoms with Crippen LogP contribution in [0.5, 0.6) is 0 Å². The SMILES string of the molecule is CC(N)CCCc1nc2ncncc2[nH]1. The summed E-state index contributed by atoms with van der Waals surface area (Å²) in [6.07, 6.45) is 6.23. The van der Waals surface area contributed by atoms with E-state index in [0.29, 0.717) is 0 Å². The highest BCUT2D eigenvalue weighted by Gasteiger charge is 2.03. The van der Waals surface area contributed by atoms with Crippen LogP contribution in [0.15, 0.2) is 12.5 Å². The molecule has 15 heavy (non-hydrogen) atoms. The van der Waals surface area contributed by atoms with Crippen molar-refractivity contribution in [3.05, 3.63) is 18.3 Å². The highest BCUT2D eigenvalue weighted by Crippen LogP contribution is 2.08. The third kappa shape index (κ3) is 2.50. The molecule has 0 aliphatic heterocycles. The first-order chi connectivity index (χ1) is 7.25. The first-order valence-electron chi connectivity index (χ1n) is 5.16. The normalized spacial score (nSPS) is 13.2. The van der Waals surface area contributed by atoms with Gasteiger partial charge in [-0.15, -0.1) is 0 Å². The number of nitrogens with zero attached hydrogens (tertiary/aromatic N) is 3. The van der Waals surface area contributed by atoms with E-state index < -0.39 is 0 Å². The number of nitrogens with two attached hydrogens (primary N) is 1. The summed E-state index contributed by atoms with van der Waals surface area (Å²) in [5.41, 5.74) is 7.31. The fourth-order valence-electron chi connectivity index (χ4n) is 1.52. The topological polar surface area (TPSA) is 80.5 Å². The van der Waals surface area contributed by atoms with E-state index in [2.05, 4.69) is 19.9 Å². The van der Waals surface area contributed by atoms with Crippen molar-refractivity contribution < 1.29 is 0 Å². The van der Waals surface area contributed by atoms with Gasteiger partial charge in [0.25, 0.3) is 0 Å². The lowest BCUT2D eigenvalue weighted by Crippen LogP contribution is -2.14. The van der Waals surface area contributed by atoms with Crippen LogP contribution < -0.4 is 5.73 Å². The highest BCUT2D eigenvalue weighted by molar-refractivity contribution is 5.68. The van der Waals surface area contributed by atoms with E-state index in [1.165, 1.54) is 6.33 Å². The van der Waals surface area contributed by atoms with E-state index in [1.807, 2.05) is 6.92 Å². The van der Waals surface area contributed by atoms with Gasteiger partial charge in [0.15, 0.2) is 5.65 Å². The Labute approximate surface area is 88.1 Å². The van der Waals surface area contributed by atoms with Crippen LogP contribution in [0.4, 0.5) is 0 Å². The molecule has 1 atom stereocenters. The fraction of sp³-hybridized carbons (Fsp3) is 0.500. The van der Waals surface area contributed by atoms with Gasteiger partial charge in [0.2, 0.25) is 0 Å². The van der Waals surface area contributed by atoms with Gasteiger partial charge in [-0.2, -0.15) is 0 Å². The molecule has 0 aliphatic rings. The number of rotatable bonds is 4. The summed E-state index contributed by atoms with van der Waals surface area (Å²) in [6.45, 7) is 2.02. The second kappa shape index (κ2) is 4.35. The minimum atomic E-state index is 0.258. The largest absolute Gasteiger partial charge is 0.339 e. The number of aromatic amines is 1. The molecule has 3 N–H and O–H groups in total. The second-order valence-corrected chi connectivity index (χ2v) is 3.81. The van der Waals surface area contributed by atoms with Crippen LogP contribution in [-0.2, 0) is 6.42 Å². The number of aryl methyl sites for hydroxylation is 1. The Kier molecular flexibility index (Phi) is 2.91. The zero-order valence-corrected chi connectivity index (χ0v) is 8.77. The zero-order chi connectivity index (χ0) is 10.7. The number of fused-ring (bicyclic) bond motifs is 1. The molecular weight excluding hydrogens is 190 g/mol. The molecule has 0 spiro atoms. The molecule has 0 saturated heterocycles. The summed E-state index contributed by atoms with van der Waals surface area (Å²) in [6, 6.07) is 0.258. The lowest BCUT2D eigenvalue weighted by atomic mass is 10.1. The molecule has 80 valence electrons. The van der Waals surface area contributed by atoms with Gasteiger partial charge in [0, 0.05) is 12.5 Å². The molecule has 1 unspecified atom stereocenters. The minimum Gasteiger partial charge on any atom is -0.339 e. The van der Waals surface area contributed by atoms with E-state index >= 15 is 0 Å². The molecule has 5 heteroatoms. The van der Waals surface area contributed by atoms with E-state index in [-0.39, 0.29) is 6.04 Å². The average Bonchev–Trinajstić information content (AvgIpc) is 2.59. The Balaban J connectivity index is 2.03. The van der Waals surface area contributed by atoms with Crippen molar-refractivity contribution in [2.75, 3.05) is 0 Å². The first-order valence-corrected chi connectivity index (χ1v) is 5.16. The van der Waals surface area contributed by atoms with Crippen molar-refractivity contribution in [2.45, 2.75) is 32.2 Å². The molecule has 2 aromatic rings. The Morgan fingerprint density at radius 1 is 1.53 bits per heavy atom. The quantitative estimate of drug-likeness (QED) is 0.781. The molecule has 5 nitrogen and oxygen atoms in total. The van der Waals surface area contributed by atoms with Crippen LogP contribution >= 0.6 is 0 Å². The summed E-state index contributed by atoms with van der Waals surface area (Å²) in [7, 11) is 0. The molecule has 2 heterocycles. The average molecular weight is 205 g/mol. The highest BCUT2D eigenvalue weighted by atomic mass is 15.0. The number of H-pyrrole nitrogens is 1. The van der Waals surface area contributed by atoms with Crippen LogP contribution in [-0.4, -0.2) is 26.0 Å². The second-order valence-electron chi connectivity index (χ2n) is 3.81. The maximum Gasteiger partial charge on any atom is 0.180 e. The van der Waals surface area contributed by atoms with Crippen molar-refractivity contribution in [1.82, 2.24) is 19.9 Å². The van der Waals surface area contributed by atoms with E-state index in [1.54, 1.807) is 6.20 Å². The Hall–Kier alpha value is -1.49. The van der Waals surface area contributed by atoms with Crippen molar-refractivity contribution >= 4 is 11.2 Å². The Morgan fingerprint density at radius 2 is 2.40 bits per heavy atom. The van der Waals surface area contributed by atoms with Crippen LogP contribution in [0.25, 0.3) is 11.2 Å². The van der Waals surface area contributed by atoms with E-state index in [0.717, 1.165) is 36.3 Å². The van der Waals surface area contributed by atoms with Crippen molar-refractivity contribution in [2.24, 2.45) is 5.73 Å². The van der Waals surface area contributed by atoms with Gasteiger partial charge in [-0.1, -0.05) is 0 Å². The van der Waals surface area contributed by atoms with Gasteiger partial charge in [-0.3, -0.25) is 0 Å². The number of nitrogens with one attached hydrogen (secondary N) is 1. The van der Waals surface area contributed by atoms with Crippen LogP contribution in [0.3, 0.4) is 0 Å². The summed E-state index contributed by atoms with van der Waals surface area (Å²) < 4.78 is 0. The van der Waals surface area contributed by atoms with Gasteiger partial charge >= 0.3 is 0 Å². The van der Waals surface area contributed by atoms with Gasteiger partial charge in [-0.05, 0) is 19.8 Å². The number of aromatic nitrogens is 4. The first kappa shape index (κ1) is 10.0. The minimum absolute atomic E-state index is 0.258. The third-order valence-corrected chi connectivity index (χ3v) is 2.28. The molecular formula is C10H15N5. The lowest BCUT2D eigenvalue weighted by molar-refractivity contribution is 0.616. The molecule has 0 saturated carbocycles. The molecule has 2 aromatic heterocycles. The molecule has 0 fully saturated rings. The predicted octanol–water partition coefficient (Wildman–Crippen LogP) is 1.02. The number of hydrogen-bond donors (Lipinski definition) is 2. The number of hydrogen-bond acceptors (Lipinski definition) is 4. The summed E-state index contributed by atoms with van der Waals surface area (Å²) in [5, 5.41) is 0. The molecule has 2 rings (SSSR count). The predicted molar refractivity (Wildman–Crippen MR) is 58.3 cm³/mol. The molecule has 0 aliphatic carbocycles. The van der Waals surface area contributed by atoms with Crippen molar-refractivity contribution in [3.8, 4) is 0 Å². The van der Waals surface area contributed by atoms with Crippen molar-refractivity contribution in [3.63, 3.8) is 0 Å². The van der Waals surface area contributed by atoms with Crippen LogP contribution in [0, 0.1) is 0 Å². The van der Waals surface area contributed by atoms with Gasteiger partial charge in [0.1, 0.15) is 17.7 Å². The third-order valence-electron chi connectivity index (χ3n) is 2.28. The van der Waals surface area contributed by atoms with Crippen LogP contribution in [0.1, 0.15) is 25.6 Å². The molecule has 0 radical (unpaired) electrons. The maximum absolute atomic E-state index is 5.68. The van der Waals surface area contributed by atoms with Crippen LogP contribution in [0.2, 0.25) is 0 Å². The van der Waals surface area contributed by atoms with E-state index in [4.69, 9.17) is 5.73 Å².